The number of rotatable bonds is 6. The molecule has 2 aromatic rings. The standard InChI is InChI=1S/C15H19N7O3/c1-22(2)15-20-11(19-13(16)21-15)8-25-12(23)10-5-3-9(4-6-10)7-18-14(17)24/h3-6H,7-8H2,1-2H3,(H3,17,18,24)(H2,16,19,20,21). The van der Waals surface area contributed by atoms with E-state index in [1.54, 1.807) is 43.3 Å². The number of nitrogens with zero attached hydrogens (tertiary/aromatic N) is 4. The summed E-state index contributed by atoms with van der Waals surface area (Å²) in [6, 6.07) is 5.95. The number of nitrogens with two attached hydrogens (primary N) is 2. The van der Waals surface area contributed by atoms with E-state index in [2.05, 4.69) is 20.3 Å². The predicted molar refractivity (Wildman–Crippen MR) is 90.6 cm³/mol. The Morgan fingerprint density at radius 2 is 1.84 bits per heavy atom. The van der Waals surface area contributed by atoms with Crippen molar-refractivity contribution in [2.75, 3.05) is 24.7 Å². The molecule has 25 heavy (non-hydrogen) atoms. The van der Waals surface area contributed by atoms with Crippen LogP contribution in [0.5, 0.6) is 0 Å². The third-order valence-corrected chi connectivity index (χ3v) is 3.08. The number of esters is 1. The summed E-state index contributed by atoms with van der Waals surface area (Å²) in [6.07, 6.45) is 0. The van der Waals surface area contributed by atoms with Crippen molar-refractivity contribution in [1.29, 1.82) is 0 Å². The first-order valence-electron chi connectivity index (χ1n) is 7.32. The van der Waals surface area contributed by atoms with Gasteiger partial charge < -0.3 is 26.4 Å². The van der Waals surface area contributed by atoms with Gasteiger partial charge in [0.15, 0.2) is 12.4 Å². The Balaban J connectivity index is 1.97. The van der Waals surface area contributed by atoms with E-state index in [0.29, 0.717) is 11.5 Å². The summed E-state index contributed by atoms with van der Waals surface area (Å²) in [4.78, 5) is 36.5. The van der Waals surface area contributed by atoms with E-state index >= 15 is 0 Å². The maximum atomic E-state index is 12.1. The fourth-order valence-corrected chi connectivity index (χ4v) is 1.85. The highest BCUT2D eigenvalue weighted by molar-refractivity contribution is 5.89. The number of nitrogen functional groups attached to an aromatic ring is 1. The lowest BCUT2D eigenvalue weighted by molar-refractivity contribution is 0.0462. The lowest BCUT2D eigenvalue weighted by Gasteiger charge is -2.11. The molecule has 1 heterocycles. The van der Waals surface area contributed by atoms with Crippen molar-refractivity contribution in [3.05, 3.63) is 41.2 Å². The minimum atomic E-state index is -0.614. The van der Waals surface area contributed by atoms with Crippen molar-refractivity contribution in [2.45, 2.75) is 13.2 Å². The molecule has 10 nitrogen and oxygen atoms in total. The number of hydrogen-bond acceptors (Lipinski definition) is 8. The van der Waals surface area contributed by atoms with Crippen LogP contribution in [0, 0.1) is 0 Å². The van der Waals surface area contributed by atoms with Crippen LogP contribution in [-0.4, -0.2) is 41.0 Å². The SMILES string of the molecule is CN(C)c1nc(N)nc(COC(=O)c2ccc(CNC(N)=O)cc2)n1. The third kappa shape index (κ3) is 5.30. The molecule has 0 saturated heterocycles. The second kappa shape index (κ2) is 7.90. The van der Waals surface area contributed by atoms with Gasteiger partial charge in [0.25, 0.3) is 0 Å². The van der Waals surface area contributed by atoms with Gasteiger partial charge in [-0.25, -0.2) is 9.59 Å². The predicted octanol–water partition coefficient (Wildman–Crippen LogP) is 0.0451. The molecular weight excluding hydrogens is 326 g/mol. The van der Waals surface area contributed by atoms with Crippen LogP contribution in [0.1, 0.15) is 21.7 Å². The van der Waals surface area contributed by atoms with Crippen LogP contribution in [0.15, 0.2) is 24.3 Å². The van der Waals surface area contributed by atoms with Crippen molar-refractivity contribution >= 4 is 23.9 Å². The van der Waals surface area contributed by atoms with Crippen LogP contribution >= 0.6 is 0 Å². The minimum Gasteiger partial charge on any atom is -0.454 e. The Hall–Kier alpha value is -3.43. The Morgan fingerprint density at radius 1 is 1.16 bits per heavy atom. The number of urea groups is 1. The molecule has 0 aliphatic heterocycles. The summed E-state index contributed by atoms with van der Waals surface area (Å²) < 4.78 is 5.19. The molecule has 0 radical (unpaired) electrons. The maximum absolute atomic E-state index is 12.1. The highest BCUT2D eigenvalue weighted by Crippen LogP contribution is 2.09. The number of aromatic nitrogens is 3. The van der Waals surface area contributed by atoms with Crippen LogP contribution in [0.3, 0.4) is 0 Å². The molecule has 0 fully saturated rings. The van der Waals surface area contributed by atoms with E-state index in [1.165, 1.54) is 0 Å². The number of nitrogens with one attached hydrogen (secondary N) is 1. The summed E-state index contributed by atoms with van der Waals surface area (Å²) >= 11 is 0. The zero-order chi connectivity index (χ0) is 18.4. The number of carbonyl (C=O) groups excluding carboxylic acids is 2. The second-order valence-corrected chi connectivity index (χ2v) is 5.30. The third-order valence-electron chi connectivity index (χ3n) is 3.08. The molecule has 0 saturated carbocycles. The Morgan fingerprint density at radius 3 is 2.44 bits per heavy atom. The van der Waals surface area contributed by atoms with Gasteiger partial charge >= 0.3 is 12.0 Å². The average Bonchev–Trinajstić information content (AvgIpc) is 2.57. The Kier molecular flexibility index (Phi) is 5.66. The van der Waals surface area contributed by atoms with Gasteiger partial charge in [0, 0.05) is 20.6 Å². The number of anilines is 2. The number of carbonyl (C=O) groups is 2. The molecule has 132 valence electrons. The van der Waals surface area contributed by atoms with Crippen LogP contribution in [0.25, 0.3) is 0 Å². The normalized spacial score (nSPS) is 10.2. The van der Waals surface area contributed by atoms with Crippen molar-refractivity contribution < 1.29 is 14.3 Å². The first-order valence-corrected chi connectivity index (χ1v) is 7.32. The van der Waals surface area contributed by atoms with E-state index in [9.17, 15) is 9.59 Å². The fraction of sp³-hybridized carbons (Fsp3) is 0.267. The van der Waals surface area contributed by atoms with Gasteiger partial charge in [-0.15, -0.1) is 0 Å². The smallest absolute Gasteiger partial charge is 0.338 e. The highest BCUT2D eigenvalue weighted by Gasteiger charge is 2.11. The first-order chi connectivity index (χ1) is 11.8. The molecule has 1 aromatic heterocycles. The summed E-state index contributed by atoms with van der Waals surface area (Å²) in [5.74, 6) is 0.160. The maximum Gasteiger partial charge on any atom is 0.338 e. The first kappa shape index (κ1) is 17.9. The molecule has 2 rings (SSSR count). The summed E-state index contributed by atoms with van der Waals surface area (Å²) in [6.45, 7) is 0.152. The molecule has 0 bridgehead atoms. The summed E-state index contributed by atoms with van der Waals surface area (Å²) in [7, 11) is 3.53. The van der Waals surface area contributed by atoms with Gasteiger partial charge in [0.1, 0.15) is 0 Å². The largest absolute Gasteiger partial charge is 0.454 e. The number of ether oxygens (including phenoxy) is 1. The van der Waals surface area contributed by atoms with Gasteiger partial charge in [0.2, 0.25) is 11.9 Å². The molecule has 10 heteroatoms. The Labute approximate surface area is 144 Å². The van der Waals surface area contributed by atoms with Gasteiger partial charge in [-0.3, -0.25) is 0 Å². The molecular formula is C15H19N7O3. The number of benzene rings is 1. The molecule has 0 atom stereocenters. The number of hydrogen-bond donors (Lipinski definition) is 3. The van der Waals surface area contributed by atoms with E-state index in [-0.39, 0.29) is 24.9 Å². The summed E-state index contributed by atoms with van der Waals surface area (Å²) in [5, 5.41) is 2.46. The second-order valence-electron chi connectivity index (χ2n) is 5.30. The summed E-state index contributed by atoms with van der Waals surface area (Å²) in [5.41, 5.74) is 11.8. The van der Waals surface area contributed by atoms with Crippen LogP contribution in [-0.2, 0) is 17.9 Å². The Bertz CT molecular complexity index is 762. The topological polar surface area (TPSA) is 149 Å². The zero-order valence-electron chi connectivity index (χ0n) is 13.9. The lowest BCUT2D eigenvalue weighted by Crippen LogP contribution is -2.28. The fourth-order valence-electron chi connectivity index (χ4n) is 1.85. The van der Waals surface area contributed by atoms with E-state index < -0.39 is 12.0 Å². The number of amides is 2. The van der Waals surface area contributed by atoms with E-state index in [1.807, 2.05) is 0 Å². The minimum absolute atomic E-state index is 0.0519. The zero-order valence-corrected chi connectivity index (χ0v) is 13.9. The monoisotopic (exact) mass is 345 g/mol. The van der Waals surface area contributed by atoms with E-state index in [4.69, 9.17) is 16.2 Å². The number of primary amides is 1. The molecule has 1 aromatic carbocycles. The van der Waals surface area contributed by atoms with Crippen molar-refractivity contribution in [2.24, 2.45) is 5.73 Å². The molecule has 0 aliphatic carbocycles. The van der Waals surface area contributed by atoms with Gasteiger partial charge in [-0.05, 0) is 17.7 Å². The molecule has 0 aliphatic rings. The molecule has 0 spiro atoms. The van der Waals surface area contributed by atoms with Crippen molar-refractivity contribution in [3.63, 3.8) is 0 Å². The van der Waals surface area contributed by atoms with Crippen LogP contribution in [0.2, 0.25) is 0 Å². The quantitative estimate of drug-likeness (QED) is 0.621. The average molecular weight is 345 g/mol. The van der Waals surface area contributed by atoms with Gasteiger partial charge in [0.05, 0.1) is 5.56 Å². The highest BCUT2D eigenvalue weighted by atomic mass is 16.5. The molecule has 0 unspecified atom stereocenters. The molecule has 2 amide bonds. The van der Waals surface area contributed by atoms with Gasteiger partial charge in [-0.2, -0.15) is 15.0 Å². The van der Waals surface area contributed by atoms with Crippen molar-refractivity contribution in [1.82, 2.24) is 20.3 Å². The lowest BCUT2D eigenvalue weighted by atomic mass is 10.1. The van der Waals surface area contributed by atoms with Crippen LogP contribution in [0.4, 0.5) is 16.7 Å². The molecule has 5 N–H and O–H groups in total. The van der Waals surface area contributed by atoms with Gasteiger partial charge in [-0.1, -0.05) is 12.1 Å². The van der Waals surface area contributed by atoms with Crippen LogP contribution < -0.4 is 21.7 Å². The van der Waals surface area contributed by atoms with E-state index in [0.717, 1.165) is 5.56 Å². The van der Waals surface area contributed by atoms with Crippen molar-refractivity contribution in [3.8, 4) is 0 Å².